The first-order valence-electron chi connectivity index (χ1n) is 9.55. The van der Waals surface area contributed by atoms with Crippen LogP contribution < -0.4 is 15.1 Å². The van der Waals surface area contributed by atoms with Crippen LogP contribution in [-0.2, 0) is 9.59 Å². The summed E-state index contributed by atoms with van der Waals surface area (Å²) in [5.41, 5.74) is 2.31. The molecule has 0 saturated carbocycles. The Bertz CT molecular complexity index is 1190. The van der Waals surface area contributed by atoms with Crippen molar-refractivity contribution < 1.29 is 18.4 Å². The molecule has 0 aliphatic carbocycles. The summed E-state index contributed by atoms with van der Waals surface area (Å²) in [6.07, 6.45) is 0. The fourth-order valence-corrected chi connectivity index (χ4v) is 3.36. The molecule has 3 aromatic carbocycles. The quantitative estimate of drug-likeness (QED) is 0.622. The van der Waals surface area contributed by atoms with E-state index in [1.54, 1.807) is 42.5 Å². The third-order valence-electron chi connectivity index (χ3n) is 4.96. The first-order chi connectivity index (χ1) is 14.9. The molecule has 0 fully saturated rings. The third kappa shape index (κ3) is 3.77. The predicted octanol–water partition coefficient (Wildman–Crippen LogP) is 4.43. The molecule has 0 unspecified atom stereocenters. The highest BCUT2D eigenvalue weighted by Gasteiger charge is 2.40. The molecule has 7 heteroatoms. The van der Waals surface area contributed by atoms with Crippen LogP contribution in [0.5, 0.6) is 0 Å². The van der Waals surface area contributed by atoms with E-state index in [2.05, 4.69) is 5.32 Å². The van der Waals surface area contributed by atoms with Gasteiger partial charge in [0.25, 0.3) is 11.8 Å². The molecule has 4 rings (SSSR count). The van der Waals surface area contributed by atoms with Gasteiger partial charge >= 0.3 is 0 Å². The third-order valence-corrected chi connectivity index (χ3v) is 4.96. The Morgan fingerprint density at radius 3 is 2.10 bits per heavy atom. The molecule has 1 aliphatic heterocycles. The Morgan fingerprint density at radius 2 is 1.48 bits per heavy atom. The van der Waals surface area contributed by atoms with Crippen LogP contribution in [0.25, 0.3) is 5.57 Å². The normalized spacial score (nSPS) is 13.7. The van der Waals surface area contributed by atoms with Gasteiger partial charge in [0.2, 0.25) is 0 Å². The van der Waals surface area contributed by atoms with Crippen molar-refractivity contribution in [2.75, 3.05) is 29.2 Å². The number of nitrogens with one attached hydrogen (secondary N) is 1. The number of carbonyl (C=O) groups excluding carboxylic acids is 2. The minimum atomic E-state index is -1.14. The van der Waals surface area contributed by atoms with E-state index >= 15 is 0 Å². The summed E-state index contributed by atoms with van der Waals surface area (Å²) in [6, 6.07) is 19.0. The molecule has 156 valence electrons. The Kier molecular flexibility index (Phi) is 5.25. The van der Waals surface area contributed by atoms with E-state index < -0.39 is 23.4 Å². The lowest BCUT2D eigenvalue weighted by molar-refractivity contribution is -0.120. The smallest absolute Gasteiger partial charge is 0.282 e. The van der Waals surface area contributed by atoms with Crippen LogP contribution in [0, 0.1) is 11.6 Å². The number of hydrogen-bond donors (Lipinski definition) is 1. The van der Waals surface area contributed by atoms with Crippen LogP contribution in [0.1, 0.15) is 5.56 Å². The molecule has 0 saturated heterocycles. The van der Waals surface area contributed by atoms with Crippen molar-refractivity contribution in [3.05, 3.63) is 95.7 Å². The summed E-state index contributed by atoms with van der Waals surface area (Å²) < 4.78 is 27.2. The Balaban J connectivity index is 1.77. The molecule has 1 heterocycles. The highest BCUT2D eigenvalue weighted by molar-refractivity contribution is 6.46. The SMILES string of the molecule is CN(C)c1ccc(NC2=C(c3ccccc3)C(=O)N(c3ccc(F)c(F)c3)C2=O)cc1. The lowest BCUT2D eigenvalue weighted by Gasteiger charge is -2.16. The lowest BCUT2D eigenvalue weighted by Crippen LogP contribution is -2.32. The van der Waals surface area contributed by atoms with Gasteiger partial charge in [0.15, 0.2) is 11.6 Å². The largest absolute Gasteiger partial charge is 0.378 e. The number of benzene rings is 3. The topological polar surface area (TPSA) is 52.7 Å². The van der Waals surface area contributed by atoms with Gasteiger partial charge in [-0.3, -0.25) is 9.59 Å². The molecular formula is C24H19F2N3O2. The van der Waals surface area contributed by atoms with Gasteiger partial charge in [-0.1, -0.05) is 30.3 Å². The zero-order valence-electron chi connectivity index (χ0n) is 16.9. The number of hydrogen-bond acceptors (Lipinski definition) is 4. The Hall–Kier alpha value is -4.00. The summed E-state index contributed by atoms with van der Waals surface area (Å²) in [5.74, 6) is -3.46. The molecule has 0 atom stereocenters. The van der Waals surface area contributed by atoms with Crippen molar-refractivity contribution in [2.45, 2.75) is 0 Å². The second kappa shape index (κ2) is 8.02. The average molecular weight is 419 g/mol. The van der Waals surface area contributed by atoms with Crippen molar-refractivity contribution in [3.63, 3.8) is 0 Å². The van der Waals surface area contributed by atoms with Crippen molar-refractivity contribution >= 4 is 34.4 Å². The van der Waals surface area contributed by atoms with E-state index in [9.17, 15) is 18.4 Å². The van der Waals surface area contributed by atoms with Crippen LogP contribution in [-0.4, -0.2) is 25.9 Å². The van der Waals surface area contributed by atoms with Gasteiger partial charge in [-0.25, -0.2) is 13.7 Å². The molecule has 2 amide bonds. The molecular weight excluding hydrogens is 400 g/mol. The number of amides is 2. The Morgan fingerprint density at radius 1 is 0.806 bits per heavy atom. The average Bonchev–Trinajstić information content (AvgIpc) is 3.00. The van der Waals surface area contributed by atoms with Crippen molar-refractivity contribution in [2.24, 2.45) is 0 Å². The van der Waals surface area contributed by atoms with Gasteiger partial charge in [-0.15, -0.1) is 0 Å². The molecule has 5 nitrogen and oxygen atoms in total. The van der Waals surface area contributed by atoms with Gasteiger partial charge in [-0.2, -0.15) is 0 Å². The van der Waals surface area contributed by atoms with Gasteiger partial charge in [0.1, 0.15) is 5.70 Å². The summed E-state index contributed by atoms with van der Waals surface area (Å²) in [6.45, 7) is 0. The summed E-state index contributed by atoms with van der Waals surface area (Å²) in [7, 11) is 3.83. The highest BCUT2D eigenvalue weighted by atomic mass is 19.2. The molecule has 1 N–H and O–H groups in total. The zero-order valence-corrected chi connectivity index (χ0v) is 16.9. The molecule has 3 aromatic rings. The molecule has 31 heavy (non-hydrogen) atoms. The molecule has 0 bridgehead atoms. The van der Waals surface area contributed by atoms with E-state index in [0.29, 0.717) is 11.3 Å². The minimum absolute atomic E-state index is 0.0397. The van der Waals surface area contributed by atoms with Gasteiger partial charge in [0, 0.05) is 31.5 Å². The van der Waals surface area contributed by atoms with E-state index in [-0.39, 0.29) is 17.0 Å². The highest BCUT2D eigenvalue weighted by Crippen LogP contribution is 2.34. The standard InChI is InChI=1S/C24H19F2N3O2/c1-28(2)17-10-8-16(9-11-17)27-22-21(15-6-4-3-5-7-15)23(30)29(24(22)31)18-12-13-19(25)20(26)14-18/h3-14,27H,1-2H3. The maximum atomic E-state index is 13.8. The fourth-order valence-electron chi connectivity index (χ4n) is 3.36. The first kappa shape index (κ1) is 20.3. The second-order valence-electron chi connectivity index (χ2n) is 7.23. The Labute approximate surface area is 178 Å². The van der Waals surface area contributed by atoms with Gasteiger partial charge in [0.05, 0.1) is 11.3 Å². The predicted molar refractivity (Wildman–Crippen MR) is 117 cm³/mol. The van der Waals surface area contributed by atoms with Crippen LogP contribution >= 0.6 is 0 Å². The number of halogens is 2. The number of carbonyl (C=O) groups is 2. The number of anilines is 3. The molecule has 1 aliphatic rings. The van der Waals surface area contributed by atoms with E-state index in [4.69, 9.17) is 0 Å². The number of nitrogens with zero attached hydrogens (tertiary/aromatic N) is 2. The summed E-state index contributed by atoms with van der Waals surface area (Å²) in [4.78, 5) is 29.3. The summed E-state index contributed by atoms with van der Waals surface area (Å²) in [5, 5.41) is 3.04. The monoisotopic (exact) mass is 419 g/mol. The van der Waals surface area contributed by atoms with E-state index in [0.717, 1.165) is 22.7 Å². The maximum Gasteiger partial charge on any atom is 0.282 e. The zero-order chi connectivity index (χ0) is 22.1. The van der Waals surface area contributed by atoms with Crippen molar-refractivity contribution in [1.29, 1.82) is 0 Å². The molecule has 0 aromatic heterocycles. The van der Waals surface area contributed by atoms with Crippen LogP contribution in [0.2, 0.25) is 0 Å². The van der Waals surface area contributed by atoms with Crippen molar-refractivity contribution in [1.82, 2.24) is 0 Å². The van der Waals surface area contributed by atoms with E-state index in [1.807, 2.05) is 31.1 Å². The van der Waals surface area contributed by atoms with E-state index in [1.165, 1.54) is 6.07 Å². The second-order valence-corrected chi connectivity index (χ2v) is 7.23. The lowest BCUT2D eigenvalue weighted by atomic mass is 10.0. The van der Waals surface area contributed by atoms with Gasteiger partial charge < -0.3 is 10.2 Å². The van der Waals surface area contributed by atoms with Gasteiger partial charge in [-0.05, 0) is 42.0 Å². The van der Waals surface area contributed by atoms with Crippen LogP contribution in [0.3, 0.4) is 0 Å². The first-order valence-corrected chi connectivity index (χ1v) is 9.55. The van der Waals surface area contributed by atoms with Crippen LogP contribution in [0.4, 0.5) is 25.8 Å². The molecule has 0 spiro atoms. The number of imide groups is 1. The fraction of sp³-hybridized carbons (Fsp3) is 0.0833. The summed E-state index contributed by atoms with van der Waals surface area (Å²) >= 11 is 0. The van der Waals surface area contributed by atoms with Crippen molar-refractivity contribution in [3.8, 4) is 0 Å². The molecule has 0 radical (unpaired) electrons. The number of rotatable bonds is 5. The minimum Gasteiger partial charge on any atom is -0.378 e. The maximum absolute atomic E-state index is 13.8. The van der Waals surface area contributed by atoms with Crippen LogP contribution in [0.15, 0.2) is 78.5 Å².